The first-order chi connectivity index (χ1) is 9.32. The normalized spacial score (nSPS) is 12.3. The lowest BCUT2D eigenvalue weighted by atomic mass is 10.0. The Hall–Kier alpha value is -1.62. The third-order valence-electron chi connectivity index (χ3n) is 3.45. The fraction of sp³-hybridized carbons (Fsp3) is 0.600. The Morgan fingerprint density at radius 3 is 2.40 bits per heavy atom. The molecule has 1 amide bonds. The molecule has 0 bridgehead atoms. The molecule has 1 unspecified atom stereocenters. The number of pyridine rings is 1. The molecule has 1 aromatic rings. The van der Waals surface area contributed by atoms with E-state index in [1.54, 1.807) is 18.1 Å². The molecule has 0 aromatic carbocycles. The largest absolute Gasteiger partial charge is 0.363 e. The van der Waals surface area contributed by atoms with Crippen LogP contribution in [0.3, 0.4) is 0 Å². The molecule has 0 aliphatic carbocycles. The smallest absolute Gasteiger partial charge is 0.255 e. The van der Waals surface area contributed by atoms with E-state index in [1.165, 1.54) is 0 Å². The maximum Gasteiger partial charge on any atom is 0.255 e. The molecule has 0 saturated carbocycles. The third-order valence-corrected chi connectivity index (χ3v) is 3.45. The van der Waals surface area contributed by atoms with E-state index < -0.39 is 0 Å². The number of nitrogens with zero attached hydrogens (tertiary/aromatic N) is 3. The summed E-state index contributed by atoms with van der Waals surface area (Å²) in [7, 11) is 5.64. The fourth-order valence-corrected chi connectivity index (χ4v) is 1.78. The number of nitrogens with two attached hydrogens (primary N) is 1. The van der Waals surface area contributed by atoms with Crippen molar-refractivity contribution in [1.29, 1.82) is 0 Å². The summed E-state index contributed by atoms with van der Waals surface area (Å²) in [5.41, 5.74) is 6.61. The van der Waals surface area contributed by atoms with Gasteiger partial charge < -0.3 is 15.5 Å². The fourth-order valence-electron chi connectivity index (χ4n) is 1.78. The quantitative estimate of drug-likeness (QED) is 0.858. The molecule has 1 atom stereocenters. The zero-order chi connectivity index (χ0) is 15.3. The van der Waals surface area contributed by atoms with Crippen LogP contribution < -0.4 is 10.6 Å². The summed E-state index contributed by atoms with van der Waals surface area (Å²) in [5, 5.41) is 0. The van der Waals surface area contributed by atoms with Gasteiger partial charge in [-0.2, -0.15) is 0 Å². The van der Waals surface area contributed by atoms with E-state index in [9.17, 15) is 4.79 Å². The van der Waals surface area contributed by atoms with Crippen molar-refractivity contribution in [3.63, 3.8) is 0 Å². The molecule has 112 valence electrons. The van der Waals surface area contributed by atoms with Crippen molar-refractivity contribution in [2.45, 2.75) is 26.3 Å². The van der Waals surface area contributed by atoms with Gasteiger partial charge in [0.1, 0.15) is 5.82 Å². The number of rotatable bonds is 6. The second-order valence-electron chi connectivity index (χ2n) is 5.72. The van der Waals surface area contributed by atoms with Gasteiger partial charge >= 0.3 is 0 Å². The first-order valence-corrected chi connectivity index (χ1v) is 6.97. The molecule has 20 heavy (non-hydrogen) atoms. The Balaban J connectivity index is 2.60. The minimum absolute atomic E-state index is 0.0150. The second kappa shape index (κ2) is 7.24. The first-order valence-electron chi connectivity index (χ1n) is 6.97. The number of carbonyl (C=O) groups is 1. The van der Waals surface area contributed by atoms with Gasteiger partial charge in [-0.1, -0.05) is 13.8 Å². The van der Waals surface area contributed by atoms with E-state index in [0.29, 0.717) is 18.0 Å². The minimum Gasteiger partial charge on any atom is -0.363 e. The molecular formula is C15H26N4O. The van der Waals surface area contributed by atoms with Crippen LogP contribution in [0.2, 0.25) is 0 Å². The standard InChI is InChI=1S/C15H26N4O/c1-11(2)13(16)8-9-19(5)15(20)12-6-7-14(17-10-12)18(3)4/h6-7,10-11,13H,8-9,16H2,1-5H3. The number of hydrogen-bond donors (Lipinski definition) is 1. The Morgan fingerprint density at radius 1 is 1.30 bits per heavy atom. The summed E-state index contributed by atoms with van der Waals surface area (Å²) in [6.07, 6.45) is 2.43. The van der Waals surface area contributed by atoms with Gasteiger partial charge in [0.25, 0.3) is 5.91 Å². The summed E-state index contributed by atoms with van der Waals surface area (Å²) in [4.78, 5) is 20.1. The lowest BCUT2D eigenvalue weighted by Gasteiger charge is -2.21. The number of hydrogen-bond acceptors (Lipinski definition) is 4. The minimum atomic E-state index is -0.0150. The average Bonchev–Trinajstić information content (AvgIpc) is 2.43. The van der Waals surface area contributed by atoms with Gasteiger partial charge in [-0.25, -0.2) is 4.98 Å². The molecule has 5 nitrogen and oxygen atoms in total. The van der Waals surface area contributed by atoms with Gasteiger partial charge in [0, 0.05) is 39.9 Å². The lowest BCUT2D eigenvalue weighted by Crippen LogP contribution is -2.34. The highest BCUT2D eigenvalue weighted by atomic mass is 16.2. The van der Waals surface area contributed by atoms with Crippen molar-refractivity contribution >= 4 is 11.7 Å². The maximum absolute atomic E-state index is 12.2. The molecule has 1 aromatic heterocycles. The van der Waals surface area contributed by atoms with Crippen LogP contribution in [0.15, 0.2) is 18.3 Å². The van der Waals surface area contributed by atoms with E-state index in [2.05, 4.69) is 18.8 Å². The van der Waals surface area contributed by atoms with Crippen LogP contribution >= 0.6 is 0 Å². The van der Waals surface area contributed by atoms with E-state index in [-0.39, 0.29) is 11.9 Å². The van der Waals surface area contributed by atoms with Gasteiger partial charge in [-0.3, -0.25) is 4.79 Å². The summed E-state index contributed by atoms with van der Waals surface area (Å²) >= 11 is 0. The second-order valence-corrected chi connectivity index (χ2v) is 5.72. The third kappa shape index (κ3) is 4.49. The highest BCUT2D eigenvalue weighted by Gasteiger charge is 2.14. The molecule has 0 radical (unpaired) electrons. The summed E-state index contributed by atoms with van der Waals surface area (Å²) in [5.74, 6) is 1.25. The zero-order valence-electron chi connectivity index (χ0n) is 13.1. The molecule has 5 heteroatoms. The van der Waals surface area contributed by atoms with Crippen LogP contribution in [0, 0.1) is 5.92 Å². The lowest BCUT2D eigenvalue weighted by molar-refractivity contribution is 0.0789. The predicted octanol–water partition coefficient (Wildman–Crippen LogP) is 1.59. The van der Waals surface area contributed by atoms with Crippen LogP contribution in [0.5, 0.6) is 0 Å². The molecular weight excluding hydrogens is 252 g/mol. The molecule has 1 heterocycles. The molecule has 0 fully saturated rings. The predicted molar refractivity (Wildman–Crippen MR) is 83.0 cm³/mol. The highest BCUT2D eigenvalue weighted by molar-refractivity contribution is 5.93. The Morgan fingerprint density at radius 2 is 1.95 bits per heavy atom. The van der Waals surface area contributed by atoms with Crippen molar-refractivity contribution in [2.24, 2.45) is 11.7 Å². The van der Waals surface area contributed by atoms with Crippen molar-refractivity contribution in [3.05, 3.63) is 23.9 Å². The number of anilines is 1. The van der Waals surface area contributed by atoms with Gasteiger partial charge in [0.2, 0.25) is 0 Å². The molecule has 0 saturated heterocycles. The molecule has 0 aliphatic rings. The highest BCUT2D eigenvalue weighted by Crippen LogP contribution is 2.10. The van der Waals surface area contributed by atoms with Gasteiger partial charge in [-0.15, -0.1) is 0 Å². The topological polar surface area (TPSA) is 62.5 Å². The number of aromatic nitrogens is 1. The number of amides is 1. The zero-order valence-corrected chi connectivity index (χ0v) is 13.1. The summed E-state index contributed by atoms with van der Waals surface area (Å²) in [6, 6.07) is 3.78. The molecule has 0 spiro atoms. The molecule has 1 rings (SSSR count). The van der Waals surface area contributed by atoms with Gasteiger partial charge in [0.05, 0.1) is 5.56 Å². The van der Waals surface area contributed by atoms with E-state index in [1.807, 2.05) is 31.1 Å². The average molecular weight is 278 g/mol. The molecule has 0 aliphatic heterocycles. The maximum atomic E-state index is 12.2. The summed E-state index contributed by atoms with van der Waals surface area (Å²) in [6.45, 7) is 4.85. The van der Waals surface area contributed by atoms with Crippen molar-refractivity contribution in [3.8, 4) is 0 Å². The van der Waals surface area contributed by atoms with Crippen LogP contribution in [0.4, 0.5) is 5.82 Å². The van der Waals surface area contributed by atoms with Crippen molar-refractivity contribution in [2.75, 3.05) is 32.6 Å². The Labute approximate surface area is 121 Å². The number of carbonyl (C=O) groups excluding carboxylic acids is 1. The summed E-state index contributed by atoms with van der Waals surface area (Å²) < 4.78 is 0. The van der Waals surface area contributed by atoms with Crippen LogP contribution in [0.1, 0.15) is 30.6 Å². The molecule has 2 N–H and O–H groups in total. The van der Waals surface area contributed by atoms with E-state index >= 15 is 0 Å². The van der Waals surface area contributed by atoms with Gasteiger partial charge in [0.15, 0.2) is 0 Å². The van der Waals surface area contributed by atoms with Crippen LogP contribution in [0.25, 0.3) is 0 Å². The van der Waals surface area contributed by atoms with E-state index in [4.69, 9.17) is 5.73 Å². The van der Waals surface area contributed by atoms with Gasteiger partial charge in [-0.05, 0) is 24.5 Å². The Bertz CT molecular complexity index is 428. The van der Waals surface area contributed by atoms with Crippen LogP contribution in [-0.2, 0) is 0 Å². The monoisotopic (exact) mass is 278 g/mol. The van der Waals surface area contributed by atoms with Crippen LogP contribution in [-0.4, -0.2) is 49.5 Å². The Kier molecular flexibility index (Phi) is 5.95. The van der Waals surface area contributed by atoms with Crippen molar-refractivity contribution in [1.82, 2.24) is 9.88 Å². The SMILES string of the molecule is CC(C)C(N)CCN(C)C(=O)c1ccc(N(C)C)nc1. The first kappa shape index (κ1) is 16.4. The van der Waals surface area contributed by atoms with Crippen molar-refractivity contribution < 1.29 is 4.79 Å². The van der Waals surface area contributed by atoms with E-state index in [0.717, 1.165) is 12.2 Å².